The van der Waals surface area contributed by atoms with Crippen molar-refractivity contribution in [1.29, 1.82) is 0 Å². The minimum atomic E-state index is -1.53. The summed E-state index contributed by atoms with van der Waals surface area (Å²) in [5, 5.41) is 11.5. The zero-order valence-corrected chi connectivity index (χ0v) is 15.5. The summed E-state index contributed by atoms with van der Waals surface area (Å²) >= 11 is 0. The Hall–Kier alpha value is -3.39. The molecule has 0 bridgehead atoms. The number of benzene rings is 2. The van der Waals surface area contributed by atoms with Crippen LogP contribution < -0.4 is 10.1 Å². The maximum atomic E-state index is 12.1. The number of para-hydroxylation sites is 1. The van der Waals surface area contributed by atoms with E-state index in [1.807, 2.05) is 30.3 Å². The predicted octanol–water partition coefficient (Wildman–Crippen LogP) is 3.66. The Morgan fingerprint density at radius 1 is 0.964 bits per heavy atom. The molecule has 1 unspecified atom stereocenters. The second-order valence-corrected chi connectivity index (χ2v) is 7.24. The van der Waals surface area contributed by atoms with E-state index in [-0.39, 0.29) is 23.0 Å². The Labute approximate surface area is 163 Å². The normalized spacial score (nSPS) is 11.6. The van der Waals surface area contributed by atoms with E-state index in [0.717, 1.165) is 0 Å². The second-order valence-electron chi connectivity index (χ2n) is 5.79. The Kier molecular flexibility index (Phi) is 6.23. The third-order valence-corrected chi connectivity index (χ3v) is 4.78. The molecule has 2 N–H and O–H groups in total. The van der Waals surface area contributed by atoms with Gasteiger partial charge in [0, 0.05) is 16.5 Å². The lowest BCUT2D eigenvalue weighted by Crippen LogP contribution is -2.20. The van der Waals surface area contributed by atoms with Crippen molar-refractivity contribution in [2.45, 2.75) is 5.75 Å². The van der Waals surface area contributed by atoms with Crippen molar-refractivity contribution in [3.8, 4) is 11.5 Å². The molecule has 0 spiro atoms. The van der Waals surface area contributed by atoms with E-state index in [1.165, 1.54) is 12.1 Å². The van der Waals surface area contributed by atoms with Crippen LogP contribution in [0.2, 0.25) is 0 Å². The molecule has 0 aliphatic heterocycles. The molecular formula is C20H17NO6S. The quantitative estimate of drug-likeness (QED) is 0.599. The van der Waals surface area contributed by atoms with Crippen LogP contribution in [0.3, 0.4) is 0 Å². The van der Waals surface area contributed by atoms with Gasteiger partial charge in [-0.25, -0.2) is 4.79 Å². The summed E-state index contributed by atoms with van der Waals surface area (Å²) < 4.78 is 22.8. The Balaban J connectivity index is 1.49. The number of anilines is 1. The first-order valence-corrected chi connectivity index (χ1v) is 9.78. The van der Waals surface area contributed by atoms with Crippen LogP contribution in [0, 0.1) is 0 Å². The molecule has 1 aromatic heterocycles. The second kappa shape index (κ2) is 9.01. The molecular weight excluding hydrogens is 382 g/mol. The highest BCUT2D eigenvalue weighted by atomic mass is 32.2. The summed E-state index contributed by atoms with van der Waals surface area (Å²) in [5.41, 5.74) is 0.550. The lowest BCUT2D eigenvalue weighted by atomic mass is 10.3. The van der Waals surface area contributed by atoms with E-state index in [4.69, 9.17) is 14.3 Å². The van der Waals surface area contributed by atoms with E-state index < -0.39 is 22.7 Å². The first-order valence-electron chi connectivity index (χ1n) is 8.29. The van der Waals surface area contributed by atoms with Crippen LogP contribution in [-0.4, -0.2) is 26.9 Å². The highest BCUT2D eigenvalue weighted by Crippen LogP contribution is 2.22. The number of hydrogen-bond donors (Lipinski definition) is 2. The van der Waals surface area contributed by atoms with Crippen LogP contribution >= 0.6 is 0 Å². The van der Waals surface area contributed by atoms with Crippen LogP contribution in [0.1, 0.15) is 16.3 Å². The molecule has 28 heavy (non-hydrogen) atoms. The lowest BCUT2D eigenvalue weighted by molar-refractivity contribution is -0.113. The number of nitrogens with one attached hydrogen (secondary N) is 1. The highest BCUT2D eigenvalue weighted by Gasteiger charge is 2.14. The number of carbonyl (C=O) groups is 2. The Morgan fingerprint density at radius 3 is 2.29 bits per heavy atom. The summed E-state index contributed by atoms with van der Waals surface area (Å²) in [4.78, 5) is 22.8. The van der Waals surface area contributed by atoms with Gasteiger partial charge in [0.15, 0.2) is 0 Å². The predicted molar refractivity (Wildman–Crippen MR) is 104 cm³/mol. The number of rotatable bonds is 8. The molecule has 3 aromatic rings. The highest BCUT2D eigenvalue weighted by molar-refractivity contribution is 7.84. The fraction of sp³-hybridized carbons (Fsp3) is 0.100. The molecule has 0 radical (unpaired) electrons. The van der Waals surface area contributed by atoms with Gasteiger partial charge in [0.1, 0.15) is 23.0 Å². The van der Waals surface area contributed by atoms with E-state index in [9.17, 15) is 13.8 Å². The fourth-order valence-corrected chi connectivity index (χ4v) is 3.29. The van der Waals surface area contributed by atoms with E-state index in [2.05, 4.69) is 5.32 Å². The van der Waals surface area contributed by atoms with Gasteiger partial charge in [-0.05, 0) is 48.5 Å². The number of carboxylic acids is 1. The molecule has 8 heteroatoms. The van der Waals surface area contributed by atoms with Gasteiger partial charge in [-0.3, -0.25) is 9.00 Å². The smallest absolute Gasteiger partial charge is 0.371 e. The maximum absolute atomic E-state index is 12.1. The van der Waals surface area contributed by atoms with Gasteiger partial charge in [0.2, 0.25) is 11.7 Å². The zero-order valence-electron chi connectivity index (χ0n) is 14.7. The van der Waals surface area contributed by atoms with Gasteiger partial charge < -0.3 is 19.6 Å². The van der Waals surface area contributed by atoms with Crippen molar-refractivity contribution in [2.24, 2.45) is 0 Å². The van der Waals surface area contributed by atoms with E-state index >= 15 is 0 Å². The minimum Gasteiger partial charge on any atom is -0.475 e. The van der Waals surface area contributed by atoms with Gasteiger partial charge in [-0.2, -0.15) is 0 Å². The Bertz CT molecular complexity index is 981. The summed E-state index contributed by atoms with van der Waals surface area (Å²) in [6.45, 7) is 0. The molecule has 0 aliphatic carbocycles. The molecule has 0 aliphatic rings. The number of ether oxygens (including phenoxy) is 1. The fourth-order valence-electron chi connectivity index (χ4n) is 2.35. The van der Waals surface area contributed by atoms with Crippen LogP contribution in [0.4, 0.5) is 5.69 Å². The molecule has 7 nitrogen and oxygen atoms in total. The molecule has 144 valence electrons. The maximum Gasteiger partial charge on any atom is 0.371 e. The summed E-state index contributed by atoms with van der Waals surface area (Å²) in [6.07, 6.45) is 0. The minimum absolute atomic E-state index is 0.0371. The number of carboxylic acid groups (broad SMARTS) is 1. The monoisotopic (exact) mass is 399 g/mol. The molecule has 1 atom stereocenters. The van der Waals surface area contributed by atoms with Gasteiger partial charge in [0.05, 0.1) is 5.75 Å². The van der Waals surface area contributed by atoms with Gasteiger partial charge in [-0.15, -0.1) is 0 Å². The SMILES string of the molecule is O=C(CS(=O)Cc1ccc(C(=O)O)o1)Nc1ccc(Oc2ccccc2)cc1. The zero-order chi connectivity index (χ0) is 19.9. The average Bonchev–Trinajstić information content (AvgIpc) is 3.13. The van der Waals surface area contributed by atoms with E-state index in [0.29, 0.717) is 17.2 Å². The third kappa shape index (κ3) is 5.55. The summed E-state index contributed by atoms with van der Waals surface area (Å²) in [7, 11) is -1.53. The number of hydrogen-bond acceptors (Lipinski definition) is 5. The molecule has 1 heterocycles. The van der Waals surface area contributed by atoms with Crippen molar-refractivity contribution >= 4 is 28.4 Å². The summed E-state index contributed by atoms with van der Waals surface area (Å²) in [5.74, 6) is -0.524. The largest absolute Gasteiger partial charge is 0.475 e. The van der Waals surface area contributed by atoms with Gasteiger partial charge in [-0.1, -0.05) is 18.2 Å². The molecule has 0 saturated carbocycles. The van der Waals surface area contributed by atoms with Crippen molar-refractivity contribution < 1.29 is 28.1 Å². The van der Waals surface area contributed by atoms with Crippen LogP contribution in [0.15, 0.2) is 71.1 Å². The first-order chi connectivity index (χ1) is 13.5. The lowest BCUT2D eigenvalue weighted by Gasteiger charge is -2.08. The topological polar surface area (TPSA) is 106 Å². The van der Waals surface area contributed by atoms with Crippen LogP contribution in [0.5, 0.6) is 11.5 Å². The molecule has 0 saturated heterocycles. The number of amides is 1. The van der Waals surface area contributed by atoms with Crippen molar-refractivity contribution in [2.75, 3.05) is 11.1 Å². The van der Waals surface area contributed by atoms with Crippen molar-refractivity contribution in [1.82, 2.24) is 0 Å². The third-order valence-electron chi connectivity index (χ3n) is 3.58. The van der Waals surface area contributed by atoms with Gasteiger partial charge >= 0.3 is 5.97 Å². The average molecular weight is 399 g/mol. The first kappa shape index (κ1) is 19.4. The molecule has 2 aromatic carbocycles. The van der Waals surface area contributed by atoms with Crippen molar-refractivity contribution in [3.63, 3.8) is 0 Å². The number of aromatic carboxylic acids is 1. The Morgan fingerprint density at radius 2 is 1.64 bits per heavy atom. The number of furan rings is 1. The molecule has 1 amide bonds. The number of carbonyl (C=O) groups excluding carboxylic acids is 1. The molecule has 0 fully saturated rings. The molecule has 3 rings (SSSR count). The standard InChI is InChI=1S/C20H17NO6S/c22-19(13-28(25)12-17-10-11-18(27-17)20(23)24)21-14-6-8-16(9-7-14)26-15-4-2-1-3-5-15/h1-11H,12-13H2,(H,21,22)(H,23,24). The van der Waals surface area contributed by atoms with Crippen molar-refractivity contribution in [3.05, 3.63) is 78.3 Å². The van der Waals surface area contributed by atoms with Crippen LogP contribution in [0.25, 0.3) is 0 Å². The van der Waals surface area contributed by atoms with Crippen LogP contribution in [-0.2, 0) is 21.3 Å². The van der Waals surface area contributed by atoms with Gasteiger partial charge in [0.25, 0.3) is 0 Å². The summed E-state index contributed by atoms with van der Waals surface area (Å²) in [6, 6.07) is 18.8. The van der Waals surface area contributed by atoms with E-state index in [1.54, 1.807) is 24.3 Å².